The van der Waals surface area contributed by atoms with Crippen LogP contribution in [0.2, 0.25) is 0 Å². The fraction of sp³-hybridized carbons (Fsp3) is 1.00. The summed E-state index contributed by atoms with van der Waals surface area (Å²) in [5, 5.41) is 0. The number of hydrogen-bond donors (Lipinski definition) is 0. The molecule has 0 aromatic heterocycles. The molecule has 0 aromatic rings. The van der Waals surface area contributed by atoms with Crippen LogP contribution in [0.4, 0.5) is 0 Å². The molecular weight excluding hydrogens is 411 g/mol. The fourth-order valence-electron chi connectivity index (χ4n) is 8.88. The lowest BCUT2D eigenvalue weighted by atomic mass is 9.78. The Balaban J connectivity index is 1.42. The summed E-state index contributed by atoms with van der Waals surface area (Å²) in [6.45, 7) is 0. The normalized spacial score (nSPS) is 35.7. The van der Waals surface area contributed by atoms with Crippen molar-refractivity contribution in [3.63, 3.8) is 0 Å². The molecule has 2 unspecified atom stereocenters. The Labute approximate surface area is 198 Å². The molecule has 5 fully saturated rings. The number of ether oxygens (including phenoxy) is 1. The molecule has 0 aromatic carbocycles. The molecule has 0 amide bonds. The van der Waals surface area contributed by atoms with E-state index in [1.54, 1.807) is 0 Å². The minimum Gasteiger partial charge on any atom is -0.429 e. The topological polar surface area (TPSA) is 29.9 Å². The third kappa shape index (κ3) is 5.22. The van der Waals surface area contributed by atoms with Crippen molar-refractivity contribution in [2.45, 2.75) is 170 Å². The highest BCUT2D eigenvalue weighted by Crippen LogP contribution is 2.68. The van der Waals surface area contributed by atoms with Crippen LogP contribution >= 0.6 is 7.14 Å². The van der Waals surface area contributed by atoms with Crippen molar-refractivity contribution < 1.29 is 9.30 Å². The van der Waals surface area contributed by atoms with Gasteiger partial charge < -0.3 is 9.30 Å². The van der Waals surface area contributed by atoms with Crippen LogP contribution in [0.25, 0.3) is 0 Å². The lowest BCUT2D eigenvalue weighted by Crippen LogP contribution is -2.48. The van der Waals surface area contributed by atoms with E-state index in [2.05, 4.69) is 0 Å². The molecule has 4 saturated carbocycles. The van der Waals surface area contributed by atoms with Crippen molar-refractivity contribution in [3.05, 3.63) is 0 Å². The molecule has 5 aliphatic rings. The van der Waals surface area contributed by atoms with Crippen molar-refractivity contribution in [1.82, 2.24) is 0 Å². The summed E-state index contributed by atoms with van der Waals surface area (Å²) in [6, 6.07) is 0. The first kappa shape index (κ1) is 23.9. The van der Waals surface area contributed by atoms with Crippen LogP contribution in [0.1, 0.15) is 141 Å². The first-order chi connectivity index (χ1) is 15.7. The second-order valence-electron chi connectivity index (χ2n) is 12.6. The summed E-state index contributed by atoms with van der Waals surface area (Å²) in [5.41, 5.74) is 1.66. The molecule has 184 valence electrons. The molecule has 2 nitrogen and oxygen atoms in total. The fourth-order valence-corrected chi connectivity index (χ4v) is 14.1. The molecule has 3 heteroatoms. The zero-order valence-electron chi connectivity index (χ0n) is 20.9. The van der Waals surface area contributed by atoms with E-state index in [-0.39, 0.29) is 0 Å². The summed E-state index contributed by atoms with van der Waals surface area (Å²) in [6.07, 6.45) is 30.9. The Kier molecular flexibility index (Phi) is 8.43. The highest BCUT2D eigenvalue weighted by atomic mass is 31.2. The number of rotatable bonds is 5. The third-order valence-corrected chi connectivity index (χ3v) is 15.5. The average molecular weight is 464 g/mol. The minimum absolute atomic E-state index is 0.519. The number of hydrogen-bond acceptors (Lipinski definition) is 1. The first-order valence-electron chi connectivity index (χ1n) is 15.0. The van der Waals surface area contributed by atoms with Crippen LogP contribution in [0.15, 0.2) is 0 Å². The lowest BCUT2D eigenvalue weighted by Gasteiger charge is -2.47. The monoisotopic (exact) mass is 463 g/mol. The van der Waals surface area contributed by atoms with Crippen LogP contribution in [0.5, 0.6) is 0 Å². The molecule has 0 bridgehead atoms. The zero-order chi connectivity index (χ0) is 21.8. The maximum atomic E-state index is 15.5. The van der Waals surface area contributed by atoms with E-state index < -0.39 is 7.14 Å². The molecule has 4 aliphatic carbocycles. The van der Waals surface area contributed by atoms with Crippen molar-refractivity contribution in [2.75, 3.05) is 0 Å². The predicted molar refractivity (Wildman–Crippen MR) is 137 cm³/mol. The van der Waals surface area contributed by atoms with Crippen molar-refractivity contribution >= 4 is 7.14 Å². The highest BCUT2D eigenvalue weighted by Gasteiger charge is 2.53. The summed E-state index contributed by atoms with van der Waals surface area (Å²) in [4.78, 5) is 0. The maximum Gasteiger partial charge on any atom is 0.158 e. The molecule has 1 aliphatic heterocycles. The van der Waals surface area contributed by atoms with Crippen LogP contribution < -0.4 is 0 Å². The number of aliphatic hydroxyl groups is 2. The third-order valence-electron chi connectivity index (χ3n) is 10.7. The van der Waals surface area contributed by atoms with Crippen molar-refractivity contribution in [2.24, 2.45) is 11.8 Å². The van der Waals surface area contributed by atoms with E-state index >= 15 is 4.57 Å². The highest BCUT2D eigenvalue weighted by molar-refractivity contribution is 7.66. The lowest BCUT2D eigenvalue weighted by molar-refractivity contribution is -0.229. The summed E-state index contributed by atoms with van der Waals surface area (Å²) in [5.74, 6) is 1.62. The Morgan fingerprint density at radius 1 is 0.438 bits per heavy atom. The van der Waals surface area contributed by atoms with Gasteiger partial charge in [-0.3, -0.25) is 0 Å². The Hall–Kier alpha value is 0.190. The molecule has 1 N–H and O–H groups in total. The molecule has 0 spiro atoms. The Morgan fingerprint density at radius 2 is 0.781 bits per heavy atom. The summed E-state index contributed by atoms with van der Waals surface area (Å²) < 4.78 is 21.2. The van der Waals surface area contributed by atoms with Gasteiger partial charge in [0.15, 0.2) is 12.2 Å². The van der Waals surface area contributed by atoms with E-state index in [1.807, 2.05) is 0 Å². The largest absolute Gasteiger partial charge is 0.429 e. The molecule has 1 saturated heterocycles. The molecule has 2 atom stereocenters. The molecule has 1 heterocycles. The van der Waals surface area contributed by atoms with Gasteiger partial charge in [-0.25, -0.2) is 0 Å². The van der Waals surface area contributed by atoms with Gasteiger partial charge in [0.25, 0.3) is 0 Å². The Morgan fingerprint density at radius 3 is 1.16 bits per heavy atom. The van der Waals surface area contributed by atoms with Crippen LogP contribution in [-0.4, -0.2) is 33.9 Å². The van der Waals surface area contributed by atoms with Crippen LogP contribution in [0.3, 0.4) is 0 Å². The first-order valence-corrected chi connectivity index (χ1v) is 17.0. The average Bonchev–Trinajstić information content (AvgIpc) is 2.90. The Bertz CT molecular complexity index is 561. The van der Waals surface area contributed by atoms with Crippen LogP contribution in [0, 0.1) is 11.8 Å². The molecular formula is C29H52O2P+. The van der Waals surface area contributed by atoms with Gasteiger partial charge >= 0.3 is 0 Å². The molecule has 5 rings (SSSR count). The van der Waals surface area contributed by atoms with Crippen molar-refractivity contribution in [3.8, 4) is 0 Å². The summed E-state index contributed by atoms with van der Waals surface area (Å²) >= 11 is 0. The molecule has 0 radical (unpaired) electrons. The second-order valence-corrected chi connectivity index (χ2v) is 16.3. The standard InChI is InChI=1S/C29H51O2P/c30-32(25-17-9-3-10-18-25,26-19-11-4-12-20-26)27-21-28(23-13-5-1-6-14-23)31-29(22-27)24-15-7-2-8-16-24/h23-29H,1-22H2/p+1. The van der Waals surface area contributed by atoms with Gasteiger partial charge in [-0.1, -0.05) is 77.0 Å². The quantitative estimate of drug-likeness (QED) is 0.296. The zero-order valence-corrected chi connectivity index (χ0v) is 21.8. The van der Waals surface area contributed by atoms with E-state index in [0.717, 1.165) is 11.8 Å². The van der Waals surface area contributed by atoms with Gasteiger partial charge in [-0.05, 0) is 51.4 Å². The van der Waals surface area contributed by atoms with Crippen molar-refractivity contribution in [1.29, 1.82) is 0 Å². The van der Waals surface area contributed by atoms with Gasteiger partial charge in [-0.15, -0.1) is 0 Å². The van der Waals surface area contributed by atoms with E-state index in [0.29, 0.717) is 29.2 Å². The second kappa shape index (κ2) is 11.3. The smallest absolute Gasteiger partial charge is 0.158 e. The predicted octanol–water partition coefficient (Wildman–Crippen LogP) is 8.60. The van der Waals surface area contributed by atoms with Gasteiger partial charge in [-0.2, -0.15) is 0 Å². The maximum absolute atomic E-state index is 15.5. The van der Waals surface area contributed by atoms with Gasteiger partial charge in [0, 0.05) is 41.7 Å². The summed E-state index contributed by atoms with van der Waals surface area (Å²) in [7, 11) is -2.18. The van der Waals surface area contributed by atoms with E-state index in [1.165, 1.54) is 141 Å². The van der Waals surface area contributed by atoms with Gasteiger partial charge in [0.2, 0.25) is 0 Å². The van der Waals surface area contributed by atoms with Crippen LogP contribution in [-0.2, 0) is 4.57 Å². The minimum atomic E-state index is -2.18. The van der Waals surface area contributed by atoms with E-state index in [4.69, 9.17) is 4.74 Å². The van der Waals surface area contributed by atoms with E-state index in [9.17, 15) is 0 Å². The van der Waals surface area contributed by atoms with Gasteiger partial charge in [0.05, 0.1) is 7.14 Å². The molecule has 32 heavy (non-hydrogen) atoms. The van der Waals surface area contributed by atoms with Gasteiger partial charge in [0.1, 0.15) is 0 Å². The SMILES string of the molecule is O=P(C1CCCCC1)(C1CCCCC1)C1CC(C2CCCCC2)[OH+]C(C2CCCCC2)C1.